The number of rotatable bonds is 13. The van der Waals surface area contributed by atoms with Crippen LogP contribution < -0.4 is 155 Å². The number of ether oxygens (including phenoxy) is 1. The minimum absolute atomic E-state index is 0. The fraction of sp³-hybridized carbons (Fsp3) is 0.188. The standard InChI is InChI=1S/C23H18ClN7OS2.C21H13ClN6S2.C3H6O.CH2O3.2Cs.H/c1-13(32)10-31-8-7-18(30-31)19-17(9-25)23(29-21(26)20(19)27-2)34-12-16-11-33-22(28-16)14-3-5-15(24)6-4-14;1-25-18-17(16-3-2-8-26-16)15(9-23)21(28-19(18)24)30-11-14-10-29-20(27-14)12-4-6-13(22)7-5-12;1-3-2-4-3;2-1-4-3;;;/h3-8,11,13,32H,10,12H2,1H3,(H2,26,29);2-7,10H,8,11H2,(H2,24,28);3H,2H2,1H3;1,3H;;;/q;;;;2*+1;-1/p-1. The Morgan fingerprint density at radius 2 is 1.36 bits per heavy atom. The van der Waals surface area contributed by atoms with Crippen molar-refractivity contribution in [1.82, 2.24) is 29.7 Å². The quantitative estimate of drug-likeness (QED) is 0.0369. The summed E-state index contributed by atoms with van der Waals surface area (Å²) in [5.74, 6) is 1.13. The van der Waals surface area contributed by atoms with Crippen LogP contribution in [0.2, 0.25) is 10.0 Å². The second-order valence-electron chi connectivity index (χ2n) is 14.9. The summed E-state index contributed by atoms with van der Waals surface area (Å²) >= 11 is 17.7. The average molecular weight is 1340 g/mol. The minimum atomic E-state index is -0.590. The van der Waals surface area contributed by atoms with Crippen LogP contribution >= 0.6 is 69.4 Å². The molecule has 0 amide bonds. The molecular formula is C48H39Cl2Cs2N13O5S4. The third-order valence-electron chi connectivity index (χ3n) is 9.56. The third-order valence-corrected chi connectivity index (χ3v) is 14.0. The second-order valence-corrected chi connectivity index (χ2v) is 19.4. The zero-order valence-corrected chi connectivity index (χ0v) is 57.2. The summed E-state index contributed by atoms with van der Waals surface area (Å²) in [5.41, 5.74) is 18.4. The van der Waals surface area contributed by atoms with Crippen LogP contribution in [0.15, 0.2) is 98.8 Å². The van der Waals surface area contributed by atoms with Crippen molar-refractivity contribution in [1.29, 1.82) is 10.5 Å². The first-order valence-electron chi connectivity index (χ1n) is 21.0. The number of aliphatic hydroxyl groups is 1. The molecular weight excluding hydrogens is 1300 g/mol. The van der Waals surface area contributed by atoms with E-state index in [1.807, 2.05) is 65.4 Å². The summed E-state index contributed by atoms with van der Waals surface area (Å²) in [7, 11) is 0. The monoisotopic (exact) mass is 1340 g/mol. The number of anilines is 2. The molecule has 7 heterocycles. The van der Waals surface area contributed by atoms with E-state index < -0.39 is 6.10 Å². The van der Waals surface area contributed by atoms with Gasteiger partial charge in [0.15, 0.2) is 0 Å². The van der Waals surface area contributed by atoms with Crippen molar-refractivity contribution < 1.29 is 164 Å². The molecule has 26 heteroatoms. The fourth-order valence-corrected chi connectivity index (χ4v) is 10.1. The Balaban J connectivity index is 0.000000334. The molecule has 9 rings (SSSR count). The number of aliphatic imine (C=N–C) groups is 1. The van der Waals surface area contributed by atoms with E-state index in [2.05, 4.69) is 63.7 Å². The SMILES string of the molecule is CC1CO1.O=CO[O-].[C-]#[N+]c1c(N)nc(SCc2csc(-c3ccc(Cl)cc3)n2)c(C#N)c1-c1ccn(CC(C)O)n1.[C-]#[N+]c1c(N)nc(SCc2csc(-c3ccc(Cl)cc3)n2)c(C#N)c1C1=NCC=C1.[Cs+].[Cs+].[H-]. The zero-order chi connectivity index (χ0) is 51.7. The molecule has 0 aliphatic carbocycles. The maximum atomic E-state index is 9.95. The molecule has 2 aromatic carbocycles. The van der Waals surface area contributed by atoms with Crippen molar-refractivity contribution in [3.63, 3.8) is 0 Å². The maximum Gasteiger partial charge on any atom is 1.00 e. The summed E-state index contributed by atoms with van der Waals surface area (Å²) in [5, 5.41) is 50.2. The summed E-state index contributed by atoms with van der Waals surface area (Å²) in [6.07, 6.45) is 5.36. The predicted molar refractivity (Wildman–Crippen MR) is 281 cm³/mol. The summed E-state index contributed by atoms with van der Waals surface area (Å²) < 4.78 is 6.27. The Bertz CT molecular complexity index is 3300. The molecule has 2 aliphatic heterocycles. The van der Waals surface area contributed by atoms with Crippen LogP contribution in [0, 0.1) is 35.8 Å². The Hall–Kier alpha value is -3.09. The van der Waals surface area contributed by atoms with Gasteiger partial charge in [-0.15, -0.1) is 22.7 Å². The van der Waals surface area contributed by atoms with Gasteiger partial charge in [0.05, 0.1) is 79.0 Å². The van der Waals surface area contributed by atoms with E-state index in [0.717, 1.165) is 39.1 Å². The molecule has 2 atom stereocenters. The molecule has 7 aromatic rings. The van der Waals surface area contributed by atoms with E-state index in [4.69, 9.17) is 62.6 Å². The smallest absolute Gasteiger partial charge is 1.00 e. The molecule has 74 heavy (non-hydrogen) atoms. The zero-order valence-electron chi connectivity index (χ0n) is 40.9. The number of nitrogens with zero attached hydrogens (tertiary/aromatic N) is 11. The number of halogens is 2. The van der Waals surface area contributed by atoms with Gasteiger partial charge in [0, 0.05) is 60.8 Å². The molecule has 5 aromatic heterocycles. The van der Waals surface area contributed by atoms with Gasteiger partial charge in [0.25, 0.3) is 6.47 Å². The first kappa shape index (κ1) is 63.4. The Kier molecular flexibility index (Phi) is 27.4. The van der Waals surface area contributed by atoms with Crippen LogP contribution in [-0.2, 0) is 32.5 Å². The van der Waals surface area contributed by atoms with E-state index in [-0.39, 0.29) is 181 Å². The number of nitrogen functional groups attached to an aromatic ring is 2. The van der Waals surface area contributed by atoms with Crippen molar-refractivity contribution in [2.24, 2.45) is 4.99 Å². The molecule has 18 nitrogen and oxygen atoms in total. The van der Waals surface area contributed by atoms with Crippen molar-refractivity contribution in [2.45, 2.75) is 54.2 Å². The number of aromatic nitrogens is 6. The molecule has 0 spiro atoms. The van der Waals surface area contributed by atoms with Gasteiger partial charge in [-0.2, -0.15) is 15.6 Å². The van der Waals surface area contributed by atoms with E-state index in [0.29, 0.717) is 72.3 Å². The number of nitriles is 2. The van der Waals surface area contributed by atoms with Crippen LogP contribution in [0.3, 0.4) is 0 Å². The van der Waals surface area contributed by atoms with Crippen molar-refractivity contribution in [3.05, 3.63) is 145 Å². The van der Waals surface area contributed by atoms with Gasteiger partial charge < -0.3 is 32.9 Å². The molecule has 1 fully saturated rings. The Labute approximate surface area is 571 Å². The number of hydrogen-bond acceptors (Lipinski definition) is 19. The van der Waals surface area contributed by atoms with Crippen LogP contribution in [0.25, 0.3) is 42.1 Å². The normalized spacial score (nSPS) is 12.8. The van der Waals surface area contributed by atoms with Crippen molar-refractivity contribution in [2.75, 3.05) is 24.6 Å². The van der Waals surface area contributed by atoms with Gasteiger partial charge in [-0.3, -0.25) is 14.5 Å². The van der Waals surface area contributed by atoms with E-state index >= 15 is 0 Å². The van der Waals surface area contributed by atoms with Gasteiger partial charge >= 0.3 is 138 Å². The van der Waals surface area contributed by atoms with Gasteiger partial charge in [0.2, 0.25) is 11.4 Å². The molecule has 0 radical (unpaired) electrons. The van der Waals surface area contributed by atoms with Gasteiger partial charge in [0.1, 0.15) is 43.8 Å². The summed E-state index contributed by atoms with van der Waals surface area (Å²) in [6.45, 7) is 20.4. The molecule has 2 aliphatic rings. The van der Waals surface area contributed by atoms with Crippen molar-refractivity contribution in [3.8, 4) is 44.5 Å². The van der Waals surface area contributed by atoms with Gasteiger partial charge in [-0.1, -0.05) is 77.1 Å². The topological polar surface area (TPSA) is 272 Å². The molecule has 5 N–H and O–H groups in total. The number of carbonyl (C=O) groups is 1. The molecule has 2 unspecified atom stereocenters. The number of aliphatic hydroxyl groups excluding tert-OH is 1. The van der Waals surface area contributed by atoms with Crippen LogP contribution in [-0.4, -0.2) is 72.4 Å². The maximum absolute atomic E-state index is 9.95. The number of epoxide rings is 1. The van der Waals surface area contributed by atoms with E-state index in [9.17, 15) is 15.6 Å². The number of thiazole rings is 2. The average Bonchev–Trinajstić information content (AvgIpc) is 3.94. The summed E-state index contributed by atoms with van der Waals surface area (Å²) in [4.78, 5) is 40.6. The first-order chi connectivity index (χ1) is 34.8. The first-order valence-corrected chi connectivity index (χ1v) is 25.4. The van der Waals surface area contributed by atoms with E-state index in [1.54, 1.807) is 41.3 Å². The number of hydrogen-bond donors (Lipinski definition) is 3. The van der Waals surface area contributed by atoms with Gasteiger partial charge in [-0.25, -0.2) is 29.6 Å². The van der Waals surface area contributed by atoms with Crippen molar-refractivity contribution >= 4 is 105 Å². The number of allylic oxidation sites excluding steroid dienone is 1. The number of benzene rings is 2. The molecule has 0 bridgehead atoms. The number of thioether (sulfide) groups is 2. The van der Waals surface area contributed by atoms with Crippen LogP contribution in [0.4, 0.5) is 23.0 Å². The number of pyridine rings is 2. The van der Waals surface area contributed by atoms with Gasteiger partial charge in [-0.05, 0) is 50.3 Å². The fourth-order valence-electron chi connectivity index (χ4n) is 6.26. The third kappa shape index (κ3) is 18.0. The predicted octanol–water partition coefficient (Wildman–Crippen LogP) is 3.87. The minimum Gasteiger partial charge on any atom is -1.00 e. The Morgan fingerprint density at radius 1 is 0.905 bits per heavy atom. The Morgan fingerprint density at radius 3 is 1.76 bits per heavy atom. The van der Waals surface area contributed by atoms with Crippen LogP contribution in [0.5, 0.6) is 0 Å². The molecule has 366 valence electrons. The van der Waals surface area contributed by atoms with E-state index in [1.165, 1.54) is 34.9 Å². The largest absolute Gasteiger partial charge is 1.00 e. The van der Waals surface area contributed by atoms with Crippen LogP contribution in [0.1, 0.15) is 43.4 Å². The molecule has 1 saturated heterocycles. The molecule has 0 saturated carbocycles. The second kappa shape index (κ2) is 32.0. The number of nitrogens with two attached hydrogens (primary N) is 2. The number of carbonyl (C=O) groups excluding carboxylic acids is 1. The summed E-state index contributed by atoms with van der Waals surface area (Å²) in [6, 6.07) is 21.1.